The predicted octanol–water partition coefficient (Wildman–Crippen LogP) is 5.09. The third kappa shape index (κ3) is 4.05. The van der Waals surface area contributed by atoms with Crippen LogP contribution in [0.5, 0.6) is 0 Å². The molecule has 2 aromatic carbocycles. The summed E-state index contributed by atoms with van der Waals surface area (Å²) in [5.41, 5.74) is 2.28. The average Bonchev–Trinajstić information content (AvgIpc) is 3.58. The largest absolute Gasteiger partial charge is 0.348 e. The standard InChI is InChI=1S/C29H27N3O3S/c1-20-18-25(21(2)31(20)16-15-24-14-9-17-36-24)26(33)19-32-27(34)29(30-28(32)35,22-10-5-3-6-11-22)23-12-7-4-8-13-23/h3-14,17-18H,15-16,19H2,1-2H3,(H,30,35). The van der Waals surface area contributed by atoms with E-state index in [0.717, 1.165) is 29.3 Å². The van der Waals surface area contributed by atoms with Crippen LogP contribution in [-0.2, 0) is 23.3 Å². The Morgan fingerprint density at radius 1 is 0.917 bits per heavy atom. The third-order valence-corrected chi connectivity index (χ3v) is 7.79. The zero-order valence-corrected chi connectivity index (χ0v) is 21.0. The van der Waals surface area contributed by atoms with Gasteiger partial charge in [-0.2, -0.15) is 0 Å². The lowest BCUT2D eigenvalue weighted by molar-refractivity contribution is -0.129. The number of Topliss-reactive ketones (excluding diaryl/α,β-unsaturated/α-hetero) is 1. The number of nitrogens with one attached hydrogen (secondary N) is 1. The molecule has 3 heterocycles. The molecule has 182 valence electrons. The fourth-order valence-corrected chi connectivity index (χ4v) is 5.69. The number of urea groups is 1. The number of hydrogen-bond acceptors (Lipinski definition) is 4. The van der Waals surface area contributed by atoms with E-state index >= 15 is 0 Å². The van der Waals surface area contributed by atoms with Crippen molar-refractivity contribution in [2.24, 2.45) is 0 Å². The van der Waals surface area contributed by atoms with Gasteiger partial charge in [0.25, 0.3) is 5.91 Å². The highest BCUT2D eigenvalue weighted by molar-refractivity contribution is 7.09. The molecule has 0 bridgehead atoms. The molecule has 0 spiro atoms. The molecule has 7 heteroatoms. The van der Waals surface area contributed by atoms with E-state index < -0.39 is 17.5 Å². The summed E-state index contributed by atoms with van der Waals surface area (Å²) in [5, 5.41) is 4.96. The van der Waals surface area contributed by atoms with Crippen LogP contribution in [0.2, 0.25) is 0 Å². The zero-order chi connectivity index (χ0) is 25.3. The molecule has 6 nitrogen and oxygen atoms in total. The van der Waals surface area contributed by atoms with Gasteiger partial charge in [0.1, 0.15) is 0 Å². The van der Waals surface area contributed by atoms with Gasteiger partial charge in [-0.05, 0) is 48.9 Å². The Labute approximate surface area is 214 Å². The van der Waals surface area contributed by atoms with Gasteiger partial charge in [0.15, 0.2) is 11.3 Å². The fourth-order valence-electron chi connectivity index (χ4n) is 4.99. The van der Waals surface area contributed by atoms with Gasteiger partial charge < -0.3 is 9.88 Å². The van der Waals surface area contributed by atoms with Crippen LogP contribution in [0.15, 0.2) is 84.2 Å². The summed E-state index contributed by atoms with van der Waals surface area (Å²) in [6.45, 7) is 4.33. The van der Waals surface area contributed by atoms with Crippen LogP contribution in [0.3, 0.4) is 0 Å². The molecule has 0 unspecified atom stereocenters. The van der Waals surface area contributed by atoms with Gasteiger partial charge in [-0.1, -0.05) is 66.7 Å². The number of amides is 3. The van der Waals surface area contributed by atoms with E-state index in [0.29, 0.717) is 16.7 Å². The summed E-state index contributed by atoms with van der Waals surface area (Å²) in [5.74, 6) is -0.712. The summed E-state index contributed by atoms with van der Waals surface area (Å²) < 4.78 is 2.12. The first-order valence-corrected chi connectivity index (χ1v) is 12.8. The first kappa shape index (κ1) is 23.8. The SMILES string of the molecule is Cc1cc(C(=O)CN2C(=O)NC(c3ccccc3)(c3ccccc3)C2=O)c(C)n1CCc1cccs1. The van der Waals surface area contributed by atoms with Crippen molar-refractivity contribution in [3.8, 4) is 0 Å². The molecule has 0 aliphatic carbocycles. The topological polar surface area (TPSA) is 71.4 Å². The maximum Gasteiger partial charge on any atom is 0.325 e. The van der Waals surface area contributed by atoms with Crippen molar-refractivity contribution in [1.29, 1.82) is 0 Å². The van der Waals surface area contributed by atoms with E-state index in [2.05, 4.69) is 21.3 Å². The van der Waals surface area contributed by atoms with Crippen molar-refractivity contribution in [3.05, 3.63) is 117 Å². The number of nitrogens with zero attached hydrogens (tertiary/aromatic N) is 2. The van der Waals surface area contributed by atoms with Gasteiger partial charge in [0.2, 0.25) is 0 Å². The highest BCUT2D eigenvalue weighted by atomic mass is 32.1. The molecule has 1 N–H and O–H groups in total. The smallest absolute Gasteiger partial charge is 0.325 e. The number of ketones is 1. The predicted molar refractivity (Wildman–Crippen MR) is 140 cm³/mol. The molecule has 1 aliphatic heterocycles. The number of carbonyl (C=O) groups excluding carboxylic acids is 3. The lowest BCUT2D eigenvalue weighted by Gasteiger charge is -2.28. The Bertz CT molecular complexity index is 1370. The first-order chi connectivity index (χ1) is 17.4. The molecule has 0 saturated carbocycles. The van der Waals surface area contributed by atoms with Crippen molar-refractivity contribution in [1.82, 2.24) is 14.8 Å². The van der Waals surface area contributed by atoms with Crippen molar-refractivity contribution >= 4 is 29.1 Å². The molecule has 0 atom stereocenters. The van der Waals surface area contributed by atoms with Crippen LogP contribution in [0, 0.1) is 13.8 Å². The molecule has 4 aromatic rings. The second kappa shape index (κ2) is 9.59. The molecule has 5 rings (SSSR count). The van der Waals surface area contributed by atoms with E-state index in [1.54, 1.807) is 11.3 Å². The van der Waals surface area contributed by atoms with Crippen molar-refractivity contribution in [2.45, 2.75) is 32.4 Å². The monoisotopic (exact) mass is 497 g/mol. The van der Waals surface area contributed by atoms with Crippen LogP contribution >= 0.6 is 11.3 Å². The quantitative estimate of drug-likeness (QED) is 0.272. The summed E-state index contributed by atoms with van der Waals surface area (Å²) in [4.78, 5) is 42.8. The van der Waals surface area contributed by atoms with Gasteiger partial charge >= 0.3 is 6.03 Å². The first-order valence-electron chi connectivity index (χ1n) is 11.9. The summed E-state index contributed by atoms with van der Waals surface area (Å²) in [6, 6.07) is 23.7. The number of aromatic nitrogens is 1. The lowest BCUT2D eigenvalue weighted by Crippen LogP contribution is -2.45. The average molecular weight is 498 g/mol. The molecule has 1 aliphatic rings. The minimum Gasteiger partial charge on any atom is -0.348 e. The van der Waals surface area contributed by atoms with Gasteiger partial charge in [-0.25, -0.2) is 4.79 Å². The van der Waals surface area contributed by atoms with Crippen LogP contribution in [0.1, 0.15) is 37.7 Å². The Balaban J connectivity index is 1.42. The van der Waals surface area contributed by atoms with E-state index in [4.69, 9.17) is 0 Å². The van der Waals surface area contributed by atoms with Gasteiger partial charge in [-0.3, -0.25) is 14.5 Å². The summed E-state index contributed by atoms with van der Waals surface area (Å²) in [7, 11) is 0. The van der Waals surface area contributed by atoms with Crippen LogP contribution in [-0.4, -0.2) is 33.7 Å². The molecule has 36 heavy (non-hydrogen) atoms. The molecular formula is C29H27N3O3S. The molecule has 3 amide bonds. The second-order valence-corrected chi connectivity index (χ2v) is 10.0. The number of imide groups is 1. The highest BCUT2D eigenvalue weighted by Crippen LogP contribution is 2.36. The summed E-state index contributed by atoms with van der Waals surface area (Å²) in [6.07, 6.45) is 0.880. The minimum atomic E-state index is -1.38. The number of thiophene rings is 1. The van der Waals surface area contributed by atoms with Crippen LogP contribution in [0.4, 0.5) is 4.79 Å². The number of rotatable bonds is 8. The maximum atomic E-state index is 13.9. The number of benzene rings is 2. The second-order valence-electron chi connectivity index (χ2n) is 8.99. The number of hydrogen-bond donors (Lipinski definition) is 1. The highest BCUT2D eigenvalue weighted by Gasteiger charge is 2.54. The van der Waals surface area contributed by atoms with Crippen molar-refractivity contribution in [3.63, 3.8) is 0 Å². The van der Waals surface area contributed by atoms with Gasteiger partial charge in [0.05, 0.1) is 6.54 Å². The normalized spacial score (nSPS) is 14.8. The number of carbonyl (C=O) groups is 3. The van der Waals surface area contributed by atoms with E-state index in [1.807, 2.05) is 86.6 Å². The summed E-state index contributed by atoms with van der Waals surface area (Å²) >= 11 is 1.72. The van der Waals surface area contributed by atoms with Crippen molar-refractivity contribution < 1.29 is 14.4 Å². The Morgan fingerprint density at radius 3 is 2.14 bits per heavy atom. The lowest BCUT2D eigenvalue weighted by atomic mass is 9.82. The van der Waals surface area contributed by atoms with Crippen LogP contribution in [0.25, 0.3) is 0 Å². The van der Waals surface area contributed by atoms with Gasteiger partial charge in [-0.15, -0.1) is 11.3 Å². The Hall–Kier alpha value is -3.97. The molecule has 0 radical (unpaired) electrons. The molecular weight excluding hydrogens is 470 g/mol. The van der Waals surface area contributed by atoms with Crippen LogP contribution < -0.4 is 5.32 Å². The molecule has 1 saturated heterocycles. The molecule has 2 aromatic heterocycles. The van der Waals surface area contributed by atoms with Crippen molar-refractivity contribution in [2.75, 3.05) is 6.54 Å². The third-order valence-electron chi connectivity index (χ3n) is 6.86. The Morgan fingerprint density at radius 2 is 1.56 bits per heavy atom. The van der Waals surface area contributed by atoms with E-state index in [-0.39, 0.29) is 12.3 Å². The number of aryl methyl sites for hydroxylation is 2. The van der Waals surface area contributed by atoms with Gasteiger partial charge in [0, 0.05) is 28.4 Å². The Kier molecular flexibility index (Phi) is 6.33. The molecule has 1 fully saturated rings. The minimum absolute atomic E-state index is 0.258. The fraction of sp³-hybridized carbons (Fsp3) is 0.207. The van der Waals surface area contributed by atoms with E-state index in [1.165, 1.54) is 4.88 Å². The zero-order valence-electron chi connectivity index (χ0n) is 20.2. The maximum absolute atomic E-state index is 13.9. The van der Waals surface area contributed by atoms with E-state index in [9.17, 15) is 14.4 Å².